The van der Waals surface area contributed by atoms with Crippen LogP contribution >= 0.6 is 0 Å². The second-order valence-corrected chi connectivity index (χ2v) is 6.85. The minimum atomic E-state index is -0.639. The Labute approximate surface area is 160 Å². The highest BCUT2D eigenvalue weighted by Gasteiger charge is 2.24. The number of nitrogens with one attached hydrogen (secondary N) is 2. The summed E-state index contributed by atoms with van der Waals surface area (Å²) >= 11 is 0. The van der Waals surface area contributed by atoms with Gasteiger partial charge in [-0.05, 0) is 24.7 Å². The number of hydrazine groups is 1. The van der Waals surface area contributed by atoms with E-state index in [-0.39, 0.29) is 11.8 Å². The maximum atomic E-state index is 12.9. The molecule has 1 saturated heterocycles. The highest BCUT2D eigenvalue weighted by molar-refractivity contribution is 5.97. The maximum Gasteiger partial charge on any atom is 0.257 e. The van der Waals surface area contributed by atoms with Crippen molar-refractivity contribution >= 4 is 11.8 Å². The van der Waals surface area contributed by atoms with Crippen LogP contribution in [0.2, 0.25) is 0 Å². The number of likely N-dealkylation sites (N-methyl/N-ethyl adjacent to an activating group) is 1. The topological polar surface area (TPSA) is 64.7 Å². The van der Waals surface area contributed by atoms with E-state index in [9.17, 15) is 9.59 Å². The summed E-state index contributed by atoms with van der Waals surface area (Å²) < 4.78 is 0. The normalized spacial score (nSPS) is 16.5. The van der Waals surface area contributed by atoms with Gasteiger partial charge >= 0.3 is 0 Å². The number of nitrogens with zero attached hydrogens (tertiary/aromatic N) is 2. The van der Waals surface area contributed by atoms with Crippen LogP contribution in [0.25, 0.3) is 0 Å². The quantitative estimate of drug-likeness (QED) is 0.809. The third-order valence-electron chi connectivity index (χ3n) is 4.71. The number of hydrogen-bond donors (Lipinski definition) is 2. The first-order chi connectivity index (χ1) is 13.1. The van der Waals surface area contributed by atoms with Gasteiger partial charge in [0.15, 0.2) is 0 Å². The van der Waals surface area contributed by atoms with Crippen LogP contribution in [0, 0.1) is 0 Å². The van der Waals surface area contributed by atoms with Crippen LogP contribution in [-0.2, 0) is 11.2 Å². The van der Waals surface area contributed by atoms with Crippen LogP contribution in [-0.4, -0.2) is 61.0 Å². The number of benzene rings is 2. The summed E-state index contributed by atoms with van der Waals surface area (Å²) in [5.41, 5.74) is 4.52. The van der Waals surface area contributed by atoms with Crippen LogP contribution in [0.3, 0.4) is 0 Å². The summed E-state index contributed by atoms with van der Waals surface area (Å²) in [6, 6.07) is 18.1. The zero-order chi connectivity index (χ0) is 19.1. The minimum absolute atomic E-state index is 0.187. The maximum absolute atomic E-state index is 12.9. The van der Waals surface area contributed by atoms with Crippen LogP contribution in [0.1, 0.15) is 15.9 Å². The van der Waals surface area contributed by atoms with Crippen molar-refractivity contribution in [1.29, 1.82) is 0 Å². The van der Waals surface area contributed by atoms with E-state index in [1.165, 1.54) is 0 Å². The van der Waals surface area contributed by atoms with Crippen molar-refractivity contribution in [2.75, 3.05) is 33.2 Å². The molecule has 6 nitrogen and oxygen atoms in total. The Morgan fingerprint density at radius 1 is 0.926 bits per heavy atom. The van der Waals surface area contributed by atoms with Gasteiger partial charge in [-0.1, -0.05) is 48.5 Å². The summed E-state index contributed by atoms with van der Waals surface area (Å²) in [5, 5.41) is 4.82. The van der Waals surface area contributed by atoms with E-state index in [4.69, 9.17) is 0 Å². The fourth-order valence-corrected chi connectivity index (χ4v) is 3.04. The molecule has 1 heterocycles. The molecule has 3 rings (SSSR count). The molecular formula is C21H26N4O2. The number of carbonyl (C=O) groups excluding carboxylic acids is 2. The van der Waals surface area contributed by atoms with E-state index in [1.807, 2.05) is 53.5 Å². The third-order valence-corrected chi connectivity index (χ3v) is 4.71. The number of piperazine rings is 1. The van der Waals surface area contributed by atoms with E-state index in [1.54, 1.807) is 12.1 Å². The Bertz CT molecular complexity index is 743. The average molecular weight is 366 g/mol. The van der Waals surface area contributed by atoms with Gasteiger partial charge in [0.1, 0.15) is 6.04 Å². The van der Waals surface area contributed by atoms with Gasteiger partial charge in [0.05, 0.1) is 0 Å². The zero-order valence-electron chi connectivity index (χ0n) is 15.6. The number of amides is 2. The third kappa shape index (κ3) is 5.64. The SMILES string of the molecule is CN1CCN(NC(=O)[C@@H](Cc2ccccc2)NC(=O)c2ccccc2)CC1. The summed E-state index contributed by atoms with van der Waals surface area (Å²) in [6.07, 6.45) is 0.443. The lowest BCUT2D eigenvalue weighted by Crippen LogP contribution is -2.57. The molecule has 0 bridgehead atoms. The molecule has 2 aromatic carbocycles. The average Bonchev–Trinajstić information content (AvgIpc) is 2.70. The predicted octanol–water partition coefficient (Wildman–Crippen LogP) is 1.31. The van der Waals surface area contributed by atoms with Crippen LogP contribution in [0.5, 0.6) is 0 Å². The Balaban J connectivity index is 1.68. The smallest absolute Gasteiger partial charge is 0.257 e. The molecule has 0 radical (unpaired) electrons. The second kappa shape index (κ2) is 9.30. The van der Waals surface area contributed by atoms with Crippen molar-refractivity contribution in [3.63, 3.8) is 0 Å². The van der Waals surface area contributed by atoms with Crippen LogP contribution in [0.4, 0.5) is 0 Å². The Hall–Kier alpha value is -2.70. The highest BCUT2D eigenvalue weighted by Crippen LogP contribution is 2.06. The molecule has 2 aromatic rings. The largest absolute Gasteiger partial charge is 0.340 e. The van der Waals surface area contributed by atoms with Gasteiger partial charge in [-0.2, -0.15) is 0 Å². The summed E-state index contributed by atoms with van der Waals surface area (Å²) in [5.74, 6) is -0.433. The standard InChI is InChI=1S/C21H26N4O2/c1-24-12-14-25(15-13-24)23-21(27)19(16-17-8-4-2-5-9-17)22-20(26)18-10-6-3-7-11-18/h2-11,19H,12-16H2,1H3,(H,22,26)(H,23,27)/t19-/m1/s1. The minimum Gasteiger partial charge on any atom is -0.340 e. The molecule has 0 spiro atoms. The van der Waals surface area contributed by atoms with Gasteiger partial charge in [-0.3, -0.25) is 15.0 Å². The lowest BCUT2D eigenvalue weighted by Gasteiger charge is -2.33. The molecule has 6 heteroatoms. The lowest BCUT2D eigenvalue weighted by atomic mass is 10.0. The number of hydrogen-bond acceptors (Lipinski definition) is 4. The van der Waals surface area contributed by atoms with Gasteiger partial charge in [0, 0.05) is 38.2 Å². The van der Waals surface area contributed by atoms with Crippen molar-refractivity contribution in [2.45, 2.75) is 12.5 Å². The molecule has 0 aromatic heterocycles. The van der Waals surface area contributed by atoms with E-state index in [0.717, 1.165) is 31.7 Å². The molecule has 1 aliphatic heterocycles. The van der Waals surface area contributed by atoms with E-state index >= 15 is 0 Å². The molecule has 2 N–H and O–H groups in total. The molecular weight excluding hydrogens is 340 g/mol. The van der Waals surface area contributed by atoms with Gasteiger partial charge in [0.25, 0.3) is 11.8 Å². The van der Waals surface area contributed by atoms with Crippen molar-refractivity contribution < 1.29 is 9.59 Å². The number of rotatable bonds is 6. The van der Waals surface area contributed by atoms with E-state index < -0.39 is 6.04 Å². The highest BCUT2D eigenvalue weighted by atomic mass is 16.2. The zero-order valence-corrected chi connectivity index (χ0v) is 15.6. The summed E-state index contributed by atoms with van der Waals surface area (Å²) in [6.45, 7) is 3.35. The van der Waals surface area contributed by atoms with Crippen molar-refractivity contribution in [3.8, 4) is 0 Å². The molecule has 0 saturated carbocycles. The monoisotopic (exact) mass is 366 g/mol. The molecule has 142 valence electrons. The number of carbonyl (C=O) groups is 2. The van der Waals surface area contributed by atoms with Crippen LogP contribution < -0.4 is 10.7 Å². The van der Waals surface area contributed by atoms with E-state index in [0.29, 0.717) is 12.0 Å². The first-order valence-electron chi connectivity index (χ1n) is 9.25. The second-order valence-electron chi connectivity index (χ2n) is 6.85. The summed E-state index contributed by atoms with van der Waals surface area (Å²) in [7, 11) is 2.07. The van der Waals surface area contributed by atoms with Gasteiger partial charge in [-0.25, -0.2) is 5.01 Å². The van der Waals surface area contributed by atoms with Crippen LogP contribution in [0.15, 0.2) is 60.7 Å². The van der Waals surface area contributed by atoms with E-state index in [2.05, 4.69) is 22.7 Å². The van der Waals surface area contributed by atoms with Crippen molar-refractivity contribution in [3.05, 3.63) is 71.8 Å². The Morgan fingerprint density at radius 2 is 1.52 bits per heavy atom. The van der Waals surface area contributed by atoms with Gasteiger partial charge < -0.3 is 10.2 Å². The van der Waals surface area contributed by atoms with Gasteiger partial charge in [0.2, 0.25) is 0 Å². The molecule has 0 unspecified atom stereocenters. The van der Waals surface area contributed by atoms with Crippen molar-refractivity contribution in [1.82, 2.24) is 20.7 Å². The molecule has 1 fully saturated rings. The van der Waals surface area contributed by atoms with Crippen molar-refractivity contribution in [2.24, 2.45) is 0 Å². The Morgan fingerprint density at radius 3 is 2.15 bits per heavy atom. The first kappa shape index (κ1) is 19.1. The fourth-order valence-electron chi connectivity index (χ4n) is 3.04. The molecule has 1 atom stereocenters. The summed E-state index contributed by atoms with van der Waals surface area (Å²) in [4.78, 5) is 27.7. The fraction of sp³-hybridized carbons (Fsp3) is 0.333. The molecule has 0 aliphatic carbocycles. The predicted molar refractivity (Wildman–Crippen MR) is 105 cm³/mol. The molecule has 2 amide bonds. The lowest BCUT2D eigenvalue weighted by molar-refractivity contribution is -0.128. The van der Waals surface area contributed by atoms with Gasteiger partial charge in [-0.15, -0.1) is 0 Å². The molecule has 27 heavy (non-hydrogen) atoms. The first-order valence-corrected chi connectivity index (χ1v) is 9.25. The Kier molecular flexibility index (Phi) is 6.57. The molecule has 1 aliphatic rings.